The maximum absolute atomic E-state index is 13.7. The first-order chi connectivity index (χ1) is 18.3. The van der Waals surface area contributed by atoms with E-state index in [0.717, 1.165) is 0 Å². The van der Waals surface area contributed by atoms with E-state index in [1.807, 2.05) is 0 Å². The second-order valence-corrected chi connectivity index (χ2v) is 10.3. The fraction of sp³-hybridized carbons (Fsp3) is 0.320. The minimum Gasteiger partial charge on any atom is -0.494 e. The molecule has 0 radical (unpaired) electrons. The highest BCUT2D eigenvalue weighted by molar-refractivity contribution is 7.93. The lowest BCUT2D eigenvalue weighted by atomic mass is 10.2. The number of hydrogen-bond acceptors (Lipinski definition) is 10. The molecule has 0 spiro atoms. The Bertz CT molecular complexity index is 1460. The van der Waals surface area contributed by atoms with Gasteiger partial charge in [-0.25, -0.2) is 8.42 Å². The van der Waals surface area contributed by atoms with Crippen molar-refractivity contribution in [2.45, 2.75) is 32.1 Å². The van der Waals surface area contributed by atoms with E-state index in [1.54, 1.807) is 62.8 Å². The Labute approximate surface area is 221 Å². The molecule has 0 saturated heterocycles. The Hall–Kier alpha value is -4.10. The van der Waals surface area contributed by atoms with Crippen LogP contribution in [0.4, 0.5) is 5.95 Å². The second kappa shape index (κ2) is 11.5. The molecule has 0 aliphatic rings. The van der Waals surface area contributed by atoms with Gasteiger partial charge in [-0.2, -0.15) is 0 Å². The third-order valence-corrected chi connectivity index (χ3v) is 7.49. The SMILES string of the molecule is CCO[C@@H](c1cnc(C)cn1)[C@H](C)S(=O)(=O)Nc1nnc(-c2cccnc2)n1-c1c(OC)cccc1OC. The lowest BCUT2D eigenvalue weighted by molar-refractivity contribution is 0.0588. The summed E-state index contributed by atoms with van der Waals surface area (Å²) in [6.45, 7) is 5.40. The molecule has 12 nitrogen and oxygen atoms in total. The summed E-state index contributed by atoms with van der Waals surface area (Å²) >= 11 is 0. The summed E-state index contributed by atoms with van der Waals surface area (Å²) in [4.78, 5) is 12.7. The van der Waals surface area contributed by atoms with E-state index in [0.29, 0.717) is 40.0 Å². The van der Waals surface area contributed by atoms with Gasteiger partial charge in [0.1, 0.15) is 28.5 Å². The van der Waals surface area contributed by atoms with Crippen LogP contribution in [0, 0.1) is 6.92 Å². The molecule has 1 aromatic carbocycles. The summed E-state index contributed by atoms with van der Waals surface area (Å²) in [5, 5.41) is 7.42. The first kappa shape index (κ1) is 26.9. The van der Waals surface area contributed by atoms with Crippen LogP contribution in [0.15, 0.2) is 55.1 Å². The molecule has 0 bridgehead atoms. The molecule has 0 unspecified atom stereocenters. The van der Waals surface area contributed by atoms with Crippen molar-refractivity contribution in [2.75, 3.05) is 25.5 Å². The molecule has 4 aromatic rings. The number of rotatable bonds is 11. The number of aromatic nitrogens is 6. The van der Waals surface area contributed by atoms with E-state index in [4.69, 9.17) is 14.2 Å². The Morgan fingerprint density at radius 3 is 2.32 bits per heavy atom. The van der Waals surface area contributed by atoms with E-state index in [2.05, 4.69) is 29.9 Å². The molecule has 1 N–H and O–H groups in total. The molecule has 0 aliphatic heterocycles. The monoisotopic (exact) mass is 539 g/mol. The molecular formula is C25H29N7O5S. The number of aryl methyl sites for hydroxylation is 1. The number of para-hydroxylation sites is 1. The third kappa shape index (κ3) is 5.43. The molecule has 0 saturated carbocycles. The molecule has 3 aromatic heterocycles. The predicted octanol–water partition coefficient (Wildman–Crippen LogP) is 3.35. The van der Waals surface area contributed by atoms with E-state index in [1.165, 1.54) is 31.9 Å². The smallest absolute Gasteiger partial charge is 0.243 e. The summed E-state index contributed by atoms with van der Waals surface area (Å²) in [6, 6.07) is 8.75. The van der Waals surface area contributed by atoms with E-state index < -0.39 is 21.4 Å². The quantitative estimate of drug-likeness (QED) is 0.301. The number of methoxy groups -OCH3 is 2. The molecule has 0 fully saturated rings. The molecular weight excluding hydrogens is 510 g/mol. The molecule has 3 heterocycles. The van der Waals surface area contributed by atoms with Gasteiger partial charge >= 0.3 is 0 Å². The van der Waals surface area contributed by atoms with E-state index in [9.17, 15) is 8.42 Å². The summed E-state index contributed by atoms with van der Waals surface area (Å²) in [5.74, 6) is 1.11. The highest BCUT2D eigenvalue weighted by atomic mass is 32.2. The lowest BCUT2D eigenvalue weighted by Crippen LogP contribution is -2.33. The minimum absolute atomic E-state index is 0.0660. The number of ether oxygens (including phenoxy) is 3. The number of anilines is 1. The first-order valence-electron chi connectivity index (χ1n) is 11.8. The number of pyridine rings is 1. The van der Waals surface area contributed by atoms with Crippen molar-refractivity contribution < 1.29 is 22.6 Å². The van der Waals surface area contributed by atoms with Crippen molar-refractivity contribution in [1.82, 2.24) is 29.7 Å². The third-order valence-electron chi connectivity index (χ3n) is 5.80. The molecule has 38 heavy (non-hydrogen) atoms. The summed E-state index contributed by atoms with van der Waals surface area (Å²) in [6.07, 6.45) is 5.44. The van der Waals surface area contributed by atoms with Gasteiger partial charge in [-0.05, 0) is 45.0 Å². The maximum atomic E-state index is 13.7. The summed E-state index contributed by atoms with van der Waals surface area (Å²) in [7, 11) is -1.08. The average Bonchev–Trinajstić information content (AvgIpc) is 3.34. The lowest BCUT2D eigenvalue weighted by Gasteiger charge is -2.24. The zero-order chi connectivity index (χ0) is 27.3. The number of benzene rings is 1. The van der Waals surface area contributed by atoms with Crippen LogP contribution in [0.3, 0.4) is 0 Å². The molecule has 2 atom stereocenters. The molecule has 4 rings (SSSR count). The van der Waals surface area contributed by atoms with Crippen molar-refractivity contribution in [3.63, 3.8) is 0 Å². The molecule has 13 heteroatoms. The van der Waals surface area contributed by atoms with Crippen LogP contribution in [-0.2, 0) is 14.8 Å². The van der Waals surface area contributed by atoms with Gasteiger partial charge in [0.25, 0.3) is 0 Å². The molecule has 0 amide bonds. The van der Waals surface area contributed by atoms with Crippen LogP contribution in [0.2, 0.25) is 0 Å². The van der Waals surface area contributed by atoms with Crippen molar-refractivity contribution in [3.8, 4) is 28.6 Å². The first-order valence-corrected chi connectivity index (χ1v) is 13.3. The van der Waals surface area contributed by atoms with Gasteiger partial charge in [-0.1, -0.05) is 6.07 Å². The highest BCUT2D eigenvalue weighted by Gasteiger charge is 2.35. The number of sulfonamides is 1. The van der Waals surface area contributed by atoms with Crippen LogP contribution >= 0.6 is 0 Å². The minimum atomic E-state index is -4.09. The van der Waals surface area contributed by atoms with Gasteiger partial charge in [0.15, 0.2) is 5.82 Å². The maximum Gasteiger partial charge on any atom is 0.243 e. The summed E-state index contributed by atoms with van der Waals surface area (Å²) < 4.78 is 48.5. The normalized spacial score (nSPS) is 13.1. The van der Waals surface area contributed by atoms with Crippen molar-refractivity contribution in [2.24, 2.45) is 0 Å². The Balaban J connectivity index is 1.83. The van der Waals surface area contributed by atoms with Crippen molar-refractivity contribution >= 4 is 16.0 Å². The van der Waals surface area contributed by atoms with E-state index >= 15 is 0 Å². The standard InChI is InChI=1S/C25H29N7O5S/c1-6-37-23(19-15-27-16(2)13-28-19)17(3)38(33,34)31-25-30-29-24(18-9-8-12-26-14-18)32(25)22-20(35-4)10-7-11-21(22)36-5/h7-15,17,23H,6H2,1-5H3,(H,30,31)/t17-,23+/m0/s1. The average molecular weight is 540 g/mol. The zero-order valence-electron chi connectivity index (χ0n) is 21.7. The van der Waals surface area contributed by atoms with Crippen LogP contribution in [-0.4, -0.2) is 64.2 Å². The van der Waals surface area contributed by atoms with Crippen molar-refractivity contribution in [1.29, 1.82) is 0 Å². The van der Waals surface area contributed by atoms with Gasteiger partial charge in [-0.15, -0.1) is 10.2 Å². The number of hydrogen-bond donors (Lipinski definition) is 1. The Morgan fingerprint density at radius 2 is 1.74 bits per heavy atom. The number of nitrogens with zero attached hydrogens (tertiary/aromatic N) is 6. The highest BCUT2D eigenvalue weighted by Crippen LogP contribution is 2.38. The van der Waals surface area contributed by atoms with Crippen LogP contribution in [0.25, 0.3) is 17.1 Å². The van der Waals surface area contributed by atoms with Gasteiger partial charge in [0, 0.05) is 30.8 Å². The second-order valence-electron chi connectivity index (χ2n) is 8.25. The van der Waals surface area contributed by atoms with Crippen LogP contribution < -0.4 is 14.2 Å². The Morgan fingerprint density at radius 1 is 1.00 bits per heavy atom. The van der Waals surface area contributed by atoms with Gasteiger partial charge in [0.2, 0.25) is 16.0 Å². The van der Waals surface area contributed by atoms with Crippen LogP contribution in [0.5, 0.6) is 11.5 Å². The van der Waals surface area contributed by atoms with Gasteiger partial charge < -0.3 is 14.2 Å². The fourth-order valence-electron chi connectivity index (χ4n) is 3.87. The van der Waals surface area contributed by atoms with Crippen molar-refractivity contribution in [3.05, 3.63) is 66.5 Å². The molecule has 200 valence electrons. The zero-order valence-corrected chi connectivity index (χ0v) is 22.5. The van der Waals surface area contributed by atoms with Crippen LogP contribution in [0.1, 0.15) is 31.3 Å². The largest absolute Gasteiger partial charge is 0.494 e. The van der Waals surface area contributed by atoms with Gasteiger partial charge in [-0.3, -0.25) is 24.2 Å². The van der Waals surface area contributed by atoms with Gasteiger partial charge in [0.05, 0.1) is 31.8 Å². The number of nitrogens with one attached hydrogen (secondary N) is 1. The molecule has 0 aliphatic carbocycles. The summed E-state index contributed by atoms with van der Waals surface area (Å²) in [5.41, 5.74) is 2.13. The predicted molar refractivity (Wildman–Crippen MR) is 141 cm³/mol. The van der Waals surface area contributed by atoms with E-state index in [-0.39, 0.29) is 12.6 Å². The fourth-order valence-corrected chi connectivity index (χ4v) is 4.99. The topological polar surface area (TPSA) is 143 Å². The Kier molecular flexibility index (Phi) is 8.17.